The Morgan fingerprint density at radius 1 is 0.939 bits per heavy atom. The van der Waals surface area contributed by atoms with Crippen molar-refractivity contribution >= 4 is 31.8 Å². The molecule has 0 atom stereocenters. The van der Waals surface area contributed by atoms with E-state index in [9.17, 15) is 21.6 Å². The van der Waals surface area contributed by atoms with Crippen LogP contribution in [0.1, 0.15) is 34.7 Å². The average Bonchev–Trinajstić information content (AvgIpc) is 3.46. The van der Waals surface area contributed by atoms with Crippen LogP contribution < -0.4 is 5.32 Å². The predicted molar refractivity (Wildman–Crippen MR) is 119 cm³/mol. The van der Waals surface area contributed by atoms with Crippen LogP contribution in [0.4, 0.5) is 6.01 Å². The van der Waals surface area contributed by atoms with Gasteiger partial charge in [0.1, 0.15) is 0 Å². The lowest BCUT2D eigenvalue weighted by Gasteiger charge is -2.15. The monoisotopic (exact) mass is 490 g/mol. The van der Waals surface area contributed by atoms with Gasteiger partial charge in [0.05, 0.1) is 16.2 Å². The van der Waals surface area contributed by atoms with Crippen molar-refractivity contribution in [3.05, 3.63) is 65.5 Å². The second kappa shape index (κ2) is 9.04. The van der Waals surface area contributed by atoms with Crippen molar-refractivity contribution < 1.29 is 26.0 Å². The molecule has 10 nitrogen and oxygen atoms in total. The van der Waals surface area contributed by atoms with Gasteiger partial charge in [-0.1, -0.05) is 17.2 Å². The largest absolute Gasteiger partial charge is 0.407 e. The summed E-state index contributed by atoms with van der Waals surface area (Å²) in [5.41, 5.74) is 1.00. The zero-order valence-electron chi connectivity index (χ0n) is 17.8. The SMILES string of the molecule is CS(=O)(=O)c1ccc(Cc2nnc(NC(=O)c3ccc(S(=O)(=O)N4CCCC4)cc3)o2)cc1. The number of sulfonamides is 1. The molecule has 174 valence electrons. The van der Waals surface area contributed by atoms with Crippen molar-refractivity contribution in [1.29, 1.82) is 0 Å². The van der Waals surface area contributed by atoms with Gasteiger partial charge in [0, 0.05) is 24.9 Å². The van der Waals surface area contributed by atoms with Gasteiger partial charge >= 0.3 is 6.01 Å². The number of carbonyl (C=O) groups excluding carboxylic acids is 1. The van der Waals surface area contributed by atoms with Gasteiger partial charge in [-0.05, 0) is 54.8 Å². The first kappa shape index (κ1) is 23.1. The van der Waals surface area contributed by atoms with Gasteiger partial charge in [-0.2, -0.15) is 4.31 Å². The molecule has 1 fully saturated rings. The lowest BCUT2D eigenvalue weighted by atomic mass is 10.1. The smallest absolute Gasteiger partial charge is 0.322 e. The normalized spacial score (nSPS) is 14.9. The molecule has 0 spiro atoms. The van der Waals surface area contributed by atoms with E-state index in [1.807, 2.05) is 0 Å². The lowest BCUT2D eigenvalue weighted by molar-refractivity contribution is 0.102. The van der Waals surface area contributed by atoms with Crippen molar-refractivity contribution in [2.24, 2.45) is 0 Å². The number of nitrogens with one attached hydrogen (secondary N) is 1. The highest BCUT2D eigenvalue weighted by Crippen LogP contribution is 2.21. The fourth-order valence-corrected chi connectivity index (χ4v) is 5.58. The van der Waals surface area contributed by atoms with Crippen molar-refractivity contribution in [2.75, 3.05) is 24.7 Å². The fraction of sp³-hybridized carbons (Fsp3) is 0.286. The fourth-order valence-electron chi connectivity index (χ4n) is 3.43. The molecule has 1 aromatic heterocycles. The molecule has 1 N–H and O–H groups in total. The number of aromatic nitrogens is 2. The van der Waals surface area contributed by atoms with Gasteiger partial charge < -0.3 is 4.42 Å². The summed E-state index contributed by atoms with van der Waals surface area (Å²) in [4.78, 5) is 12.8. The van der Waals surface area contributed by atoms with Crippen LogP contribution in [0.5, 0.6) is 0 Å². The first-order valence-corrected chi connectivity index (χ1v) is 13.5. The molecule has 12 heteroatoms. The molecule has 4 rings (SSSR count). The molecule has 2 aromatic carbocycles. The van der Waals surface area contributed by atoms with Crippen LogP contribution in [0.15, 0.2) is 62.7 Å². The van der Waals surface area contributed by atoms with Crippen molar-refractivity contribution in [3.63, 3.8) is 0 Å². The quantitative estimate of drug-likeness (QED) is 0.531. The van der Waals surface area contributed by atoms with Gasteiger partial charge in [-0.25, -0.2) is 16.8 Å². The minimum Gasteiger partial charge on any atom is -0.407 e. The van der Waals surface area contributed by atoms with Gasteiger partial charge in [-0.3, -0.25) is 10.1 Å². The number of nitrogens with zero attached hydrogens (tertiary/aromatic N) is 3. The third kappa shape index (κ3) is 5.29. The topological polar surface area (TPSA) is 140 Å². The highest BCUT2D eigenvalue weighted by molar-refractivity contribution is 7.90. The molecule has 0 unspecified atom stereocenters. The second-order valence-electron chi connectivity index (χ2n) is 7.68. The van der Waals surface area contributed by atoms with Gasteiger partial charge in [0.25, 0.3) is 5.91 Å². The molecule has 2 heterocycles. The van der Waals surface area contributed by atoms with Gasteiger partial charge in [-0.15, -0.1) is 5.10 Å². The summed E-state index contributed by atoms with van der Waals surface area (Å²) in [6.07, 6.45) is 3.08. The first-order chi connectivity index (χ1) is 15.6. The molecule has 1 aliphatic heterocycles. The number of amides is 1. The Bertz CT molecular complexity index is 1360. The third-order valence-corrected chi connectivity index (χ3v) is 8.25. The van der Waals surface area contributed by atoms with E-state index in [1.54, 1.807) is 12.1 Å². The molecule has 0 saturated carbocycles. The number of hydrogen-bond donors (Lipinski definition) is 1. The van der Waals surface area contributed by atoms with E-state index in [4.69, 9.17) is 4.42 Å². The Morgan fingerprint density at radius 2 is 1.55 bits per heavy atom. The number of benzene rings is 2. The highest BCUT2D eigenvalue weighted by atomic mass is 32.2. The van der Waals surface area contributed by atoms with E-state index in [2.05, 4.69) is 15.5 Å². The highest BCUT2D eigenvalue weighted by Gasteiger charge is 2.27. The van der Waals surface area contributed by atoms with Crippen molar-refractivity contribution in [3.8, 4) is 0 Å². The summed E-state index contributed by atoms with van der Waals surface area (Å²) in [7, 11) is -6.83. The van der Waals surface area contributed by atoms with E-state index in [1.165, 1.54) is 40.7 Å². The third-order valence-electron chi connectivity index (χ3n) is 5.21. The standard InChI is InChI=1S/C21H22N4O6S2/c1-32(27,28)17-8-4-15(5-9-17)14-19-23-24-21(31-19)22-20(26)16-6-10-18(11-7-16)33(29,30)25-12-2-3-13-25/h4-11H,2-3,12-14H2,1H3,(H,22,24,26). The van der Waals surface area contributed by atoms with Crippen LogP contribution in [0.2, 0.25) is 0 Å². The Kier molecular flexibility index (Phi) is 6.32. The number of hydrogen-bond acceptors (Lipinski definition) is 8. The Labute approximate surface area is 191 Å². The van der Waals surface area contributed by atoms with E-state index in [0.717, 1.165) is 24.7 Å². The van der Waals surface area contributed by atoms with Gasteiger partial charge in [0.2, 0.25) is 15.9 Å². The lowest BCUT2D eigenvalue weighted by Crippen LogP contribution is -2.27. The zero-order chi connectivity index (χ0) is 23.6. The summed E-state index contributed by atoms with van der Waals surface area (Å²) >= 11 is 0. The molecular weight excluding hydrogens is 468 g/mol. The van der Waals surface area contributed by atoms with Crippen LogP contribution >= 0.6 is 0 Å². The second-order valence-corrected chi connectivity index (χ2v) is 11.6. The van der Waals surface area contributed by atoms with Crippen LogP contribution in [0.3, 0.4) is 0 Å². The van der Waals surface area contributed by atoms with Crippen LogP contribution in [0.25, 0.3) is 0 Å². The van der Waals surface area contributed by atoms with Crippen molar-refractivity contribution in [1.82, 2.24) is 14.5 Å². The summed E-state index contributed by atoms with van der Waals surface area (Å²) in [5.74, 6) is -0.280. The summed E-state index contributed by atoms with van der Waals surface area (Å²) in [5, 5.41) is 10.2. The summed E-state index contributed by atoms with van der Waals surface area (Å²) in [6, 6.07) is 11.9. The Balaban J connectivity index is 1.39. The number of carbonyl (C=O) groups is 1. The predicted octanol–water partition coefficient (Wildman–Crippen LogP) is 2.10. The Morgan fingerprint density at radius 3 is 2.15 bits per heavy atom. The summed E-state index contributed by atoms with van der Waals surface area (Å²) < 4.78 is 55.1. The average molecular weight is 491 g/mol. The van der Waals surface area contributed by atoms with Crippen LogP contribution in [-0.2, 0) is 26.3 Å². The zero-order valence-corrected chi connectivity index (χ0v) is 19.4. The maximum Gasteiger partial charge on any atom is 0.322 e. The van der Waals surface area contributed by atoms with Crippen LogP contribution in [0, 0.1) is 0 Å². The van der Waals surface area contributed by atoms with E-state index < -0.39 is 25.8 Å². The molecule has 0 aliphatic carbocycles. The minimum atomic E-state index is -3.55. The maximum atomic E-state index is 12.6. The molecule has 1 amide bonds. The molecule has 1 saturated heterocycles. The molecular formula is C21H22N4O6S2. The number of anilines is 1. The van der Waals surface area contributed by atoms with Crippen LogP contribution in [-0.4, -0.2) is 56.6 Å². The maximum absolute atomic E-state index is 12.6. The molecule has 1 aliphatic rings. The van der Waals surface area contributed by atoms with E-state index in [0.29, 0.717) is 13.1 Å². The van der Waals surface area contributed by atoms with E-state index >= 15 is 0 Å². The molecule has 3 aromatic rings. The first-order valence-electron chi connectivity index (χ1n) is 10.2. The van der Waals surface area contributed by atoms with Crippen molar-refractivity contribution in [2.45, 2.75) is 29.1 Å². The summed E-state index contributed by atoms with van der Waals surface area (Å²) in [6.45, 7) is 1.01. The van der Waals surface area contributed by atoms with Gasteiger partial charge in [0.15, 0.2) is 9.84 Å². The minimum absolute atomic E-state index is 0.100. The number of rotatable bonds is 7. The molecule has 33 heavy (non-hydrogen) atoms. The number of sulfone groups is 1. The van der Waals surface area contributed by atoms with E-state index in [-0.39, 0.29) is 33.7 Å². The Hall–Kier alpha value is -3.09. The molecule has 0 bridgehead atoms. The molecule has 0 radical (unpaired) electrons.